The molecule has 0 aliphatic heterocycles. The lowest BCUT2D eigenvalue weighted by Crippen LogP contribution is -2.33. The molecule has 2 atom stereocenters. The van der Waals surface area contributed by atoms with Crippen LogP contribution in [0.25, 0.3) is 0 Å². The number of hydrogen-bond donors (Lipinski definition) is 2. The molecular weight excluding hydrogens is 257 g/mol. The minimum atomic E-state index is 0.265. The maximum atomic E-state index is 9.25. The molecule has 1 aliphatic carbocycles. The first-order chi connectivity index (χ1) is 8.20. The Morgan fingerprint density at radius 2 is 2.12 bits per heavy atom. The normalized spacial score (nSPS) is 24.2. The van der Waals surface area contributed by atoms with Crippen molar-refractivity contribution in [3.8, 4) is 0 Å². The largest absolute Gasteiger partial charge is 0.396 e. The van der Waals surface area contributed by atoms with E-state index in [9.17, 15) is 5.11 Å². The zero-order valence-electron chi connectivity index (χ0n) is 9.63. The van der Waals surface area contributed by atoms with Crippen LogP contribution in [0.4, 0.5) is 0 Å². The predicted molar refractivity (Wildman–Crippen MR) is 71.5 cm³/mol. The second-order valence-electron chi connectivity index (χ2n) is 4.60. The molecule has 2 nitrogen and oxygen atoms in total. The Bertz CT molecular complexity index is 384. The maximum absolute atomic E-state index is 9.25. The second kappa shape index (κ2) is 6.05. The summed E-state index contributed by atoms with van der Waals surface area (Å²) in [5, 5.41) is 14.2. The fourth-order valence-corrected chi connectivity index (χ4v) is 2.82. The van der Waals surface area contributed by atoms with E-state index >= 15 is 0 Å². The van der Waals surface area contributed by atoms with E-state index in [2.05, 4.69) is 5.32 Å². The first-order valence-electron chi connectivity index (χ1n) is 5.99. The molecule has 0 aromatic heterocycles. The van der Waals surface area contributed by atoms with Crippen LogP contribution in [-0.2, 0) is 6.54 Å². The van der Waals surface area contributed by atoms with Crippen LogP contribution in [0.1, 0.15) is 24.8 Å². The molecule has 1 aliphatic rings. The lowest BCUT2D eigenvalue weighted by atomic mass is 10.0. The highest BCUT2D eigenvalue weighted by molar-refractivity contribution is 6.33. The molecule has 0 spiro atoms. The minimum Gasteiger partial charge on any atom is -0.396 e. The molecule has 4 heteroatoms. The lowest BCUT2D eigenvalue weighted by Gasteiger charge is -2.19. The molecule has 1 saturated carbocycles. The Morgan fingerprint density at radius 1 is 1.29 bits per heavy atom. The van der Waals surface area contributed by atoms with Crippen LogP contribution >= 0.6 is 23.2 Å². The van der Waals surface area contributed by atoms with Crippen molar-refractivity contribution in [2.24, 2.45) is 5.92 Å². The van der Waals surface area contributed by atoms with Gasteiger partial charge in [0.2, 0.25) is 0 Å². The molecule has 2 unspecified atom stereocenters. The van der Waals surface area contributed by atoms with E-state index in [1.165, 1.54) is 6.42 Å². The summed E-state index contributed by atoms with van der Waals surface area (Å²) in [6, 6.07) is 5.90. The molecule has 2 N–H and O–H groups in total. The van der Waals surface area contributed by atoms with Gasteiger partial charge in [0.05, 0.1) is 0 Å². The molecule has 94 valence electrons. The zero-order chi connectivity index (χ0) is 12.3. The van der Waals surface area contributed by atoms with Gasteiger partial charge in [0, 0.05) is 29.2 Å². The van der Waals surface area contributed by atoms with Crippen LogP contribution in [0.5, 0.6) is 0 Å². The fourth-order valence-electron chi connectivity index (χ4n) is 2.44. The summed E-state index contributed by atoms with van der Waals surface area (Å²) in [4.78, 5) is 0. The molecular formula is C13H17Cl2NO. The van der Waals surface area contributed by atoms with Crippen LogP contribution in [0, 0.1) is 5.92 Å². The number of hydrogen-bond acceptors (Lipinski definition) is 2. The van der Waals surface area contributed by atoms with Gasteiger partial charge in [0.15, 0.2) is 0 Å². The summed E-state index contributed by atoms with van der Waals surface area (Å²) in [6.45, 7) is 0.974. The van der Waals surface area contributed by atoms with Gasteiger partial charge in [-0.25, -0.2) is 0 Å². The number of aliphatic hydroxyl groups is 1. The van der Waals surface area contributed by atoms with Crippen molar-refractivity contribution >= 4 is 23.2 Å². The molecule has 2 rings (SSSR count). The molecule has 0 amide bonds. The first kappa shape index (κ1) is 13.2. The van der Waals surface area contributed by atoms with E-state index in [0.29, 0.717) is 23.5 Å². The van der Waals surface area contributed by atoms with E-state index in [4.69, 9.17) is 23.2 Å². The third-order valence-electron chi connectivity index (χ3n) is 3.46. The lowest BCUT2D eigenvalue weighted by molar-refractivity contribution is 0.205. The van der Waals surface area contributed by atoms with Gasteiger partial charge >= 0.3 is 0 Å². The van der Waals surface area contributed by atoms with Gasteiger partial charge in [-0.15, -0.1) is 0 Å². The van der Waals surface area contributed by atoms with E-state index in [0.717, 1.165) is 23.4 Å². The second-order valence-corrected chi connectivity index (χ2v) is 5.44. The van der Waals surface area contributed by atoms with Gasteiger partial charge in [-0.05, 0) is 42.5 Å². The van der Waals surface area contributed by atoms with Gasteiger partial charge in [0.1, 0.15) is 0 Å². The number of halogens is 2. The molecule has 0 bridgehead atoms. The van der Waals surface area contributed by atoms with E-state index in [1.54, 1.807) is 6.07 Å². The highest BCUT2D eigenvalue weighted by Crippen LogP contribution is 2.26. The molecule has 0 radical (unpaired) electrons. The van der Waals surface area contributed by atoms with Gasteiger partial charge in [-0.2, -0.15) is 0 Å². The van der Waals surface area contributed by atoms with Gasteiger partial charge in [-0.1, -0.05) is 29.6 Å². The number of nitrogens with one attached hydrogen (secondary N) is 1. The van der Waals surface area contributed by atoms with E-state index < -0.39 is 0 Å². The summed E-state index contributed by atoms with van der Waals surface area (Å²) in [7, 11) is 0. The smallest absolute Gasteiger partial charge is 0.0474 e. The molecule has 0 saturated heterocycles. The summed E-state index contributed by atoms with van der Waals surface area (Å²) < 4.78 is 0. The van der Waals surface area contributed by atoms with Crippen molar-refractivity contribution < 1.29 is 5.11 Å². The maximum Gasteiger partial charge on any atom is 0.0474 e. The van der Waals surface area contributed by atoms with Crippen molar-refractivity contribution in [2.45, 2.75) is 31.8 Å². The average Bonchev–Trinajstić information content (AvgIpc) is 2.77. The van der Waals surface area contributed by atoms with Crippen molar-refractivity contribution in [2.75, 3.05) is 6.61 Å². The summed E-state index contributed by atoms with van der Waals surface area (Å²) in [5.41, 5.74) is 1.02. The topological polar surface area (TPSA) is 32.3 Å². The first-order valence-corrected chi connectivity index (χ1v) is 6.74. The summed E-state index contributed by atoms with van der Waals surface area (Å²) in [5.74, 6) is 0.382. The van der Waals surface area contributed by atoms with Gasteiger partial charge in [-0.3, -0.25) is 0 Å². The summed E-state index contributed by atoms with van der Waals surface area (Å²) in [6.07, 6.45) is 3.42. The summed E-state index contributed by atoms with van der Waals surface area (Å²) >= 11 is 12.0. The molecule has 17 heavy (non-hydrogen) atoms. The quantitative estimate of drug-likeness (QED) is 0.883. The predicted octanol–water partition coefficient (Wildman–Crippen LogP) is 3.24. The Kier molecular flexibility index (Phi) is 4.69. The van der Waals surface area contributed by atoms with Gasteiger partial charge < -0.3 is 10.4 Å². The van der Waals surface area contributed by atoms with Crippen LogP contribution in [0.15, 0.2) is 18.2 Å². The zero-order valence-corrected chi connectivity index (χ0v) is 11.1. The third kappa shape index (κ3) is 3.35. The van der Waals surface area contributed by atoms with Crippen molar-refractivity contribution in [1.29, 1.82) is 0 Å². The molecule has 1 aromatic rings. The van der Waals surface area contributed by atoms with Crippen molar-refractivity contribution in [3.05, 3.63) is 33.8 Å². The highest BCUT2D eigenvalue weighted by atomic mass is 35.5. The Hall–Kier alpha value is -0.280. The SMILES string of the molecule is OCC1CCCC1NCc1cc(Cl)ccc1Cl. The van der Waals surface area contributed by atoms with Crippen molar-refractivity contribution in [3.63, 3.8) is 0 Å². The Morgan fingerprint density at radius 3 is 2.88 bits per heavy atom. The van der Waals surface area contributed by atoms with Crippen LogP contribution in [0.3, 0.4) is 0 Å². The minimum absolute atomic E-state index is 0.265. The van der Waals surface area contributed by atoms with Crippen LogP contribution < -0.4 is 5.32 Å². The number of rotatable bonds is 4. The number of benzene rings is 1. The number of aliphatic hydroxyl groups excluding tert-OH is 1. The molecule has 1 fully saturated rings. The van der Waals surface area contributed by atoms with E-state index in [-0.39, 0.29) is 6.61 Å². The molecule has 0 heterocycles. The standard InChI is InChI=1S/C13H17Cl2NO/c14-11-4-5-12(15)10(6-11)7-16-13-3-1-2-9(13)8-17/h4-6,9,13,16-17H,1-3,7-8H2. The van der Waals surface area contributed by atoms with Gasteiger partial charge in [0.25, 0.3) is 0 Å². The van der Waals surface area contributed by atoms with Crippen LogP contribution in [0.2, 0.25) is 10.0 Å². The highest BCUT2D eigenvalue weighted by Gasteiger charge is 2.25. The molecule has 1 aromatic carbocycles. The van der Waals surface area contributed by atoms with Crippen molar-refractivity contribution in [1.82, 2.24) is 5.32 Å². The van der Waals surface area contributed by atoms with Crippen LogP contribution in [-0.4, -0.2) is 17.8 Å². The fraction of sp³-hybridized carbons (Fsp3) is 0.538. The Balaban J connectivity index is 1.95. The monoisotopic (exact) mass is 273 g/mol. The van der Waals surface area contributed by atoms with E-state index in [1.807, 2.05) is 12.1 Å². The third-order valence-corrected chi connectivity index (χ3v) is 4.06. The Labute approximate surface area is 112 Å². The average molecular weight is 274 g/mol.